The molecule has 1 rings (SSSR count). The number of ether oxygens (including phenoxy) is 1. The van der Waals surface area contributed by atoms with Crippen molar-refractivity contribution < 1.29 is 17.9 Å². The number of nitrogens with two attached hydrogens (primary N) is 1. The van der Waals surface area contributed by atoms with Crippen LogP contribution in [0.25, 0.3) is 0 Å². The van der Waals surface area contributed by atoms with Crippen molar-refractivity contribution in [1.82, 2.24) is 0 Å². The molecule has 0 heterocycles. The topological polar surface area (TPSA) is 98.5 Å². The van der Waals surface area contributed by atoms with Crippen LogP contribution in [0.3, 0.4) is 0 Å². The first kappa shape index (κ1) is 15.6. The maximum Gasteiger partial charge on any atom is 0.256 e. The standard InChI is InChI=1S/C12H18N2O4S/c1-4-12(2,18-3)11(15)14-9-7-5-6-8-10(9)19(13,16)17/h5-8H,4H2,1-3H3,(H,14,15)(H2,13,16,17). The van der Waals surface area contributed by atoms with Gasteiger partial charge in [-0.15, -0.1) is 0 Å². The van der Waals surface area contributed by atoms with Crippen LogP contribution in [0, 0.1) is 0 Å². The molecule has 7 heteroatoms. The smallest absolute Gasteiger partial charge is 0.256 e. The number of sulfonamides is 1. The summed E-state index contributed by atoms with van der Waals surface area (Å²) in [6, 6.07) is 5.95. The number of hydrogen-bond acceptors (Lipinski definition) is 4. The minimum atomic E-state index is -3.89. The van der Waals surface area contributed by atoms with Crippen LogP contribution in [0.1, 0.15) is 20.3 Å². The number of hydrogen-bond donors (Lipinski definition) is 2. The molecule has 1 unspecified atom stereocenters. The summed E-state index contributed by atoms with van der Waals surface area (Å²) < 4.78 is 28.0. The Balaban J connectivity index is 3.11. The first-order chi connectivity index (χ1) is 8.74. The maximum absolute atomic E-state index is 12.1. The molecule has 0 saturated carbocycles. The van der Waals surface area contributed by atoms with E-state index in [1.54, 1.807) is 19.9 Å². The Kier molecular flexibility index (Phi) is 4.67. The van der Waals surface area contributed by atoms with E-state index in [4.69, 9.17) is 9.88 Å². The summed E-state index contributed by atoms with van der Waals surface area (Å²) in [5, 5.41) is 7.63. The third kappa shape index (κ3) is 3.52. The number of primary sulfonamides is 1. The van der Waals surface area contributed by atoms with Gasteiger partial charge < -0.3 is 10.1 Å². The van der Waals surface area contributed by atoms with Crippen LogP contribution in [-0.2, 0) is 19.6 Å². The lowest BCUT2D eigenvalue weighted by Crippen LogP contribution is -2.41. The van der Waals surface area contributed by atoms with E-state index in [9.17, 15) is 13.2 Å². The third-order valence-corrected chi connectivity index (χ3v) is 4.02. The first-order valence-corrected chi connectivity index (χ1v) is 7.27. The quantitative estimate of drug-likeness (QED) is 0.846. The van der Waals surface area contributed by atoms with Gasteiger partial charge in [0.05, 0.1) is 5.69 Å². The van der Waals surface area contributed by atoms with E-state index in [2.05, 4.69) is 5.32 Å². The van der Waals surface area contributed by atoms with E-state index < -0.39 is 21.5 Å². The lowest BCUT2D eigenvalue weighted by Gasteiger charge is -2.25. The van der Waals surface area contributed by atoms with Crippen molar-refractivity contribution in [3.8, 4) is 0 Å². The van der Waals surface area contributed by atoms with Crippen LogP contribution in [0.5, 0.6) is 0 Å². The van der Waals surface area contributed by atoms with Crippen molar-refractivity contribution in [2.75, 3.05) is 12.4 Å². The predicted molar refractivity (Wildman–Crippen MR) is 72.1 cm³/mol. The van der Waals surface area contributed by atoms with E-state index in [0.717, 1.165) is 0 Å². The summed E-state index contributed by atoms with van der Waals surface area (Å²) in [5.74, 6) is -0.423. The Morgan fingerprint density at radius 2 is 2.00 bits per heavy atom. The van der Waals surface area contributed by atoms with Crippen molar-refractivity contribution in [1.29, 1.82) is 0 Å². The number of methoxy groups -OCH3 is 1. The number of carbonyl (C=O) groups is 1. The molecule has 19 heavy (non-hydrogen) atoms. The fourth-order valence-corrected chi connectivity index (χ4v) is 2.16. The monoisotopic (exact) mass is 286 g/mol. The van der Waals surface area contributed by atoms with Crippen molar-refractivity contribution >= 4 is 21.6 Å². The minimum absolute atomic E-state index is 0.127. The van der Waals surface area contributed by atoms with E-state index in [0.29, 0.717) is 6.42 Å². The molecule has 0 aliphatic heterocycles. The van der Waals surface area contributed by atoms with Gasteiger partial charge in [-0.05, 0) is 25.5 Å². The molecule has 1 aromatic carbocycles. The van der Waals surface area contributed by atoms with Gasteiger partial charge in [0.1, 0.15) is 10.5 Å². The third-order valence-electron chi connectivity index (χ3n) is 3.05. The number of anilines is 1. The first-order valence-electron chi connectivity index (χ1n) is 5.73. The van der Waals surface area contributed by atoms with Gasteiger partial charge >= 0.3 is 0 Å². The van der Waals surface area contributed by atoms with Crippen molar-refractivity contribution in [3.63, 3.8) is 0 Å². The molecule has 106 valence electrons. The van der Waals surface area contributed by atoms with Crippen molar-refractivity contribution in [3.05, 3.63) is 24.3 Å². The molecule has 0 aliphatic carbocycles. The molecular weight excluding hydrogens is 268 g/mol. The highest BCUT2D eigenvalue weighted by molar-refractivity contribution is 7.89. The highest BCUT2D eigenvalue weighted by atomic mass is 32.2. The maximum atomic E-state index is 12.1. The second kappa shape index (κ2) is 5.68. The number of carbonyl (C=O) groups excluding carboxylic acids is 1. The van der Waals surface area contributed by atoms with Crippen molar-refractivity contribution in [2.24, 2.45) is 5.14 Å². The number of nitrogens with one attached hydrogen (secondary N) is 1. The molecule has 0 spiro atoms. The van der Waals surface area contributed by atoms with Gasteiger partial charge in [0, 0.05) is 7.11 Å². The Morgan fingerprint density at radius 3 is 2.47 bits per heavy atom. The minimum Gasteiger partial charge on any atom is -0.369 e. The summed E-state index contributed by atoms with van der Waals surface area (Å²) in [6.45, 7) is 3.43. The molecule has 0 aromatic heterocycles. The van der Waals surface area contributed by atoms with Gasteiger partial charge in [-0.3, -0.25) is 4.79 Å². The van der Waals surface area contributed by atoms with E-state index in [-0.39, 0.29) is 10.6 Å². The second-order valence-electron chi connectivity index (χ2n) is 4.28. The summed E-state index contributed by atoms with van der Waals surface area (Å²) in [7, 11) is -2.47. The zero-order valence-electron chi connectivity index (χ0n) is 11.1. The molecular formula is C12H18N2O4S. The average Bonchev–Trinajstić information content (AvgIpc) is 2.37. The fraction of sp³-hybridized carbons (Fsp3) is 0.417. The largest absolute Gasteiger partial charge is 0.369 e. The summed E-state index contributed by atoms with van der Waals surface area (Å²) in [5.41, 5.74) is -0.877. The molecule has 3 N–H and O–H groups in total. The van der Waals surface area contributed by atoms with Gasteiger partial charge in [0.15, 0.2) is 0 Å². The Labute approximate surface area is 113 Å². The lowest BCUT2D eigenvalue weighted by atomic mass is 10.0. The number of para-hydroxylation sites is 1. The van der Waals surface area contributed by atoms with Crippen LogP contribution < -0.4 is 10.5 Å². The summed E-state index contributed by atoms with van der Waals surface area (Å²) >= 11 is 0. The van der Waals surface area contributed by atoms with Crippen LogP contribution in [-0.4, -0.2) is 27.0 Å². The second-order valence-corrected chi connectivity index (χ2v) is 5.81. The van der Waals surface area contributed by atoms with Crippen molar-refractivity contribution in [2.45, 2.75) is 30.8 Å². The Bertz CT molecular complexity index is 565. The van der Waals surface area contributed by atoms with E-state index >= 15 is 0 Å². The van der Waals surface area contributed by atoms with Gasteiger partial charge in [-0.1, -0.05) is 19.1 Å². The number of rotatable bonds is 5. The molecule has 6 nitrogen and oxygen atoms in total. The zero-order valence-corrected chi connectivity index (χ0v) is 12.0. The summed E-state index contributed by atoms with van der Waals surface area (Å²) in [6.07, 6.45) is 0.451. The molecule has 0 radical (unpaired) electrons. The SMILES string of the molecule is CCC(C)(OC)C(=O)Nc1ccccc1S(N)(=O)=O. The molecule has 1 aromatic rings. The summed E-state index contributed by atoms with van der Waals surface area (Å²) in [4.78, 5) is 12.0. The fourth-order valence-electron chi connectivity index (χ4n) is 1.47. The lowest BCUT2D eigenvalue weighted by molar-refractivity contribution is -0.136. The van der Waals surface area contributed by atoms with Crippen LogP contribution >= 0.6 is 0 Å². The Morgan fingerprint density at radius 1 is 1.42 bits per heavy atom. The Hall–Kier alpha value is -1.44. The van der Waals surface area contributed by atoms with Gasteiger partial charge in [0.25, 0.3) is 5.91 Å². The van der Waals surface area contributed by atoms with Crippen LogP contribution in [0.4, 0.5) is 5.69 Å². The zero-order chi connectivity index (χ0) is 14.7. The molecule has 0 bridgehead atoms. The average molecular weight is 286 g/mol. The van der Waals surface area contributed by atoms with E-state index in [1.165, 1.54) is 25.3 Å². The molecule has 1 amide bonds. The number of amides is 1. The number of benzene rings is 1. The normalized spacial score (nSPS) is 14.7. The molecule has 1 atom stereocenters. The molecule has 0 aliphatic rings. The predicted octanol–water partition coefficient (Wildman–Crippen LogP) is 1.09. The highest BCUT2D eigenvalue weighted by Crippen LogP contribution is 2.22. The van der Waals surface area contributed by atoms with Gasteiger partial charge in [-0.2, -0.15) is 0 Å². The van der Waals surface area contributed by atoms with Gasteiger partial charge in [-0.25, -0.2) is 13.6 Å². The van der Waals surface area contributed by atoms with Crippen LogP contribution in [0.15, 0.2) is 29.2 Å². The van der Waals surface area contributed by atoms with Crippen LogP contribution in [0.2, 0.25) is 0 Å². The van der Waals surface area contributed by atoms with Gasteiger partial charge in [0.2, 0.25) is 10.0 Å². The molecule has 0 saturated heterocycles. The highest BCUT2D eigenvalue weighted by Gasteiger charge is 2.31. The van der Waals surface area contributed by atoms with E-state index in [1.807, 2.05) is 0 Å². The molecule has 0 fully saturated rings.